The first-order chi connectivity index (χ1) is 9.10. The number of halogens is 1. The molecular formula is C13H22ClN3O2S. The highest BCUT2D eigenvalue weighted by Crippen LogP contribution is 2.47. The molecule has 0 aromatic carbocycles. The third kappa shape index (κ3) is 2.78. The Morgan fingerprint density at radius 2 is 2.35 bits per heavy atom. The first-order valence-corrected chi connectivity index (χ1v) is 8.06. The number of nitrogens with zero attached hydrogens (tertiary/aromatic N) is 1. The largest absolute Gasteiger partial charge is 0.350 e. The molecule has 3 aliphatic rings. The topological polar surface area (TPSA) is 61.4 Å². The van der Waals surface area contributed by atoms with Gasteiger partial charge in [0.25, 0.3) is 0 Å². The predicted octanol–water partition coefficient (Wildman–Crippen LogP) is 0.730. The summed E-state index contributed by atoms with van der Waals surface area (Å²) >= 11 is 1.75. The molecule has 2 N–H and O–H groups in total. The SMILES string of the molecule is CC12CCC(=O)N1C(C(=O)NC1CCCNC1)CS2.Cl. The van der Waals surface area contributed by atoms with Crippen LogP contribution in [0.15, 0.2) is 0 Å². The Morgan fingerprint density at radius 3 is 3.05 bits per heavy atom. The first kappa shape index (κ1) is 15.9. The average molecular weight is 320 g/mol. The lowest BCUT2D eigenvalue weighted by Crippen LogP contribution is -2.54. The number of carbonyl (C=O) groups is 2. The van der Waals surface area contributed by atoms with Gasteiger partial charge in [-0.25, -0.2) is 0 Å². The van der Waals surface area contributed by atoms with Gasteiger partial charge in [0.1, 0.15) is 6.04 Å². The van der Waals surface area contributed by atoms with E-state index in [1.165, 1.54) is 0 Å². The van der Waals surface area contributed by atoms with Crippen LogP contribution in [0.2, 0.25) is 0 Å². The van der Waals surface area contributed by atoms with Crippen LogP contribution in [0.5, 0.6) is 0 Å². The van der Waals surface area contributed by atoms with Crippen LogP contribution in [0.3, 0.4) is 0 Å². The van der Waals surface area contributed by atoms with E-state index in [1.54, 1.807) is 11.8 Å². The number of rotatable bonds is 2. The molecule has 3 aliphatic heterocycles. The van der Waals surface area contributed by atoms with Gasteiger partial charge in [-0.05, 0) is 32.7 Å². The van der Waals surface area contributed by atoms with Crippen molar-refractivity contribution in [1.82, 2.24) is 15.5 Å². The molecule has 7 heteroatoms. The van der Waals surface area contributed by atoms with Crippen LogP contribution in [0, 0.1) is 0 Å². The van der Waals surface area contributed by atoms with Crippen molar-refractivity contribution in [3.8, 4) is 0 Å². The molecule has 3 rings (SSSR count). The van der Waals surface area contributed by atoms with Crippen LogP contribution in [-0.4, -0.2) is 52.5 Å². The molecule has 114 valence electrons. The summed E-state index contributed by atoms with van der Waals surface area (Å²) in [6, 6.07) is -0.0530. The Hall–Kier alpha value is -0.460. The summed E-state index contributed by atoms with van der Waals surface area (Å²) in [6.45, 7) is 3.96. The quantitative estimate of drug-likeness (QED) is 0.788. The van der Waals surface area contributed by atoms with Crippen molar-refractivity contribution in [2.75, 3.05) is 18.8 Å². The van der Waals surface area contributed by atoms with Gasteiger partial charge in [-0.3, -0.25) is 9.59 Å². The smallest absolute Gasteiger partial charge is 0.243 e. The lowest BCUT2D eigenvalue weighted by molar-refractivity contribution is -0.138. The summed E-state index contributed by atoms with van der Waals surface area (Å²) in [4.78, 5) is 26.1. The van der Waals surface area contributed by atoms with Crippen molar-refractivity contribution >= 4 is 36.0 Å². The maximum Gasteiger partial charge on any atom is 0.243 e. The van der Waals surface area contributed by atoms with Crippen LogP contribution < -0.4 is 10.6 Å². The molecule has 20 heavy (non-hydrogen) atoms. The van der Waals surface area contributed by atoms with Gasteiger partial charge in [0.2, 0.25) is 11.8 Å². The molecule has 3 atom stereocenters. The van der Waals surface area contributed by atoms with Gasteiger partial charge in [0.15, 0.2) is 0 Å². The number of thioether (sulfide) groups is 1. The third-order valence-corrected chi connectivity index (χ3v) is 5.90. The second kappa shape index (κ2) is 6.12. The van der Waals surface area contributed by atoms with Gasteiger partial charge in [0, 0.05) is 24.8 Å². The summed E-state index contributed by atoms with van der Waals surface area (Å²) in [5, 5.41) is 6.40. The van der Waals surface area contributed by atoms with Crippen LogP contribution >= 0.6 is 24.2 Å². The van der Waals surface area contributed by atoms with E-state index in [9.17, 15) is 9.59 Å². The highest BCUT2D eigenvalue weighted by molar-refractivity contribution is 8.01. The zero-order valence-corrected chi connectivity index (χ0v) is 13.3. The van der Waals surface area contributed by atoms with E-state index in [0.29, 0.717) is 6.42 Å². The van der Waals surface area contributed by atoms with E-state index in [-0.39, 0.29) is 41.2 Å². The maximum absolute atomic E-state index is 12.4. The van der Waals surface area contributed by atoms with Crippen molar-refractivity contribution in [1.29, 1.82) is 0 Å². The van der Waals surface area contributed by atoms with Crippen LogP contribution in [0.1, 0.15) is 32.6 Å². The highest BCUT2D eigenvalue weighted by Gasteiger charge is 2.52. The predicted molar refractivity (Wildman–Crippen MR) is 82.0 cm³/mol. The number of fused-ring (bicyclic) bond motifs is 1. The van der Waals surface area contributed by atoms with Gasteiger partial charge >= 0.3 is 0 Å². The number of carbonyl (C=O) groups excluding carboxylic acids is 2. The lowest BCUT2D eigenvalue weighted by atomic mass is 10.1. The van der Waals surface area contributed by atoms with Crippen molar-refractivity contribution in [3.63, 3.8) is 0 Å². The zero-order valence-electron chi connectivity index (χ0n) is 11.7. The molecule has 5 nitrogen and oxygen atoms in total. The van der Waals surface area contributed by atoms with E-state index in [4.69, 9.17) is 0 Å². The monoisotopic (exact) mass is 319 g/mol. The summed E-state index contributed by atoms with van der Waals surface area (Å²) < 4.78 is 0. The van der Waals surface area contributed by atoms with Gasteiger partial charge in [0.05, 0.1) is 4.87 Å². The molecule has 3 heterocycles. The Bertz CT molecular complexity index is 403. The molecule has 0 aromatic heterocycles. The van der Waals surface area contributed by atoms with Crippen LogP contribution in [0.4, 0.5) is 0 Å². The molecule has 0 spiro atoms. The molecule has 3 unspecified atom stereocenters. The fourth-order valence-electron chi connectivity index (χ4n) is 3.29. The maximum atomic E-state index is 12.4. The minimum absolute atomic E-state index is 0. The van der Waals surface area contributed by atoms with E-state index < -0.39 is 0 Å². The molecule has 2 amide bonds. The number of nitrogens with one attached hydrogen (secondary N) is 2. The molecule has 0 radical (unpaired) electrons. The summed E-state index contributed by atoms with van der Waals surface area (Å²) in [5.41, 5.74) is 0. The highest BCUT2D eigenvalue weighted by atomic mass is 35.5. The van der Waals surface area contributed by atoms with Crippen molar-refractivity contribution in [2.24, 2.45) is 0 Å². The average Bonchev–Trinajstić information content (AvgIpc) is 2.88. The van der Waals surface area contributed by atoms with Crippen LogP contribution in [0.25, 0.3) is 0 Å². The molecule has 0 saturated carbocycles. The summed E-state index contributed by atoms with van der Waals surface area (Å²) in [5.74, 6) is 0.892. The standard InChI is InChI=1S/C13H21N3O2S.ClH/c1-13-5-4-11(17)16(13)10(8-19-13)12(18)15-9-3-2-6-14-7-9;/h9-10,14H,2-8H2,1H3,(H,15,18);1H. The second-order valence-corrected chi connectivity index (χ2v) is 7.32. The molecule has 0 bridgehead atoms. The Balaban J connectivity index is 0.00000147. The minimum atomic E-state index is -0.271. The normalized spacial score (nSPS) is 36.5. The van der Waals surface area contributed by atoms with Gasteiger partial charge < -0.3 is 15.5 Å². The van der Waals surface area contributed by atoms with Crippen molar-refractivity contribution in [3.05, 3.63) is 0 Å². The van der Waals surface area contributed by atoms with Gasteiger partial charge in [-0.15, -0.1) is 24.2 Å². The van der Waals surface area contributed by atoms with Crippen molar-refractivity contribution < 1.29 is 9.59 Å². The van der Waals surface area contributed by atoms with Gasteiger partial charge in [-0.2, -0.15) is 0 Å². The lowest BCUT2D eigenvalue weighted by Gasteiger charge is -2.31. The molecule has 3 fully saturated rings. The van der Waals surface area contributed by atoms with Crippen LogP contribution in [-0.2, 0) is 9.59 Å². The fourth-order valence-corrected chi connectivity index (χ4v) is 4.72. The molecule has 3 saturated heterocycles. The number of piperidine rings is 1. The van der Waals surface area contributed by atoms with E-state index >= 15 is 0 Å². The number of hydrogen-bond donors (Lipinski definition) is 2. The third-order valence-electron chi connectivity index (χ3n) is 4.39. The summed E-state index contributed by atoms with van der Waals surface area (Å²) in [6.07, 6.45) is 3.58. The molecule has 0 aliphatic carbocycles. The van der Waals surface area contributed by atoms with Crippen molar-refractivity contribution in [2.45, 2.75) is 49.6 Å². The zero-order chi connectivity index (χ0) is 13.5. The van der Waals surface area contributed by atoms with E-state index in [1.807, 2.05) is 4.90 Å². The van der Waals surface area contributed by atoms with E-state index in [0.717, 1.165) is 38.1 Å². The minimum Gasteiger partial charge on any atom is -0.350 e. The second-order valence-electron chi connectivity index (χ2n) is 5.82. The number of amides is 2. The Morgan fingerprint density at radius 1 is 1.55 bits per heavy atom. The van der Waals surface area contributed by atoms with E-state index in [2.05, 4.69) is 17.6 Å². The van der Waals surface area contributed by atoms with Gasteiger partial charge in [-0.1, -0.05) is 0 Å². The fraction of sp³-hybridized carbons (Fsp3) is 0.846. The molecular weight excluding hydrogens is 298 g/mol. The first-order valence-electron chi connectivity index (χ1n) is 7.07. The Kier molecular flexibility index (Phi) is 4.87. The Labute approximate surface area is 130 Å². The summed E-state index contributed by atoms with van der Waals surface area (Å²) in [7, 11) is 0. The molecule has 0 aromatic rings. The number of hydrogen-bond acceptors (Lipinski definition) is 4.